The second-order valence-corrected chi connectivity index (χ2v) is 4.08. The van der Waals surface area contributed by atoms with Gasteiger partial charge in [-0.15, -0.1) is 0 Å². The van der Waals surface area contributed by atoms with Crippen LogP contribution in [0.2, 0.25) is 0 Å². The molecule has 0 aromatic heterocycles. The normalized spacial score (nSPS) is 17.7. The number of nitrogens with zero attached hydrogens (tertiary/aromatic N) is 2. The molecule has 1 aromatic rings. The zero-order valence-electron chi connectivity index (χ0n) is 9.93. The molecule has 1 fully saturated rings. The van der Waals surface area contributed by atoms with Crippen LogP contribution in [0.3, 0.4) is 0 Å². The third-order valence-corrected chi connectivity index (χ3v) is 2.84. The second-order valence-electron chi connectivity index (χ2n) is 4.08. The van der Waals surface area contributed by atoms with Gasteiger partial charge < -0.3 is 4.90 Å². The van der Waals surface area contributed by atoms with Gasteiger partial charge in [0.05, 0.1) is 6.61 Å². The summed E-state index contributed by atoms with van der Waals surface area (Å²) in [4.78, 5) is 8.03. The molecular formula is C13H20N2O. The van der Waals surface area contributed by atoms with E-state index in [0.717, 1.165) is 39.2 Å². The van der Waals surface area contributed by atoms with Gasteiger partial charge in [0.15, 0.2) is 0 Å². The van der Waals surface area contributed by atoms with Gasteiger partial charge in [-0.2, -0.15) is 5.06 Å². The summed E-state index contributed by atoms with van der Waals surface area (Å²) in [6, 6.07) is 10.6. The van der Waals surface area contributed by atoms with E-state index in [1.165, 1.54) is 5.69 Å². The molecule has 0 aliphatic carbocycles. The molecule has 0 atom stereocenters. The monoisotopic (exact) mass is 220 g/mol. The number of rotatable bonds is 4. The molecule has 2 rings (SSSR count). The Morgan fingerprint density at radius 1 is 1.06 bits per heavy atom. The quantitative estimate of drug-likeness (QED) is 0.773. The lowest BCUT2D eigenvalue weighted by Crippen LogP contribution is -2.46. The van der Waals surface area contributed by atoms with Crippen molar-refractivity contribution in [2.75, 3.05) is 37.7 Å². The van der Waals surface area contributed by atoms with Crippen LogP contribution in [-0.2, 0) is 4.84 Å². The highest BCUT2D eigenvalue weighted by Gasteiger charge is 2.16. The third-order valence-electron chi connectivity index (χ3n) is 2.84. The molecule has 3 heteroatoms. The van der Waals surface area contributed by atoms with Crippen LogP contribution >= 0.6 is 0 Å². The van der Waals surface area contributed by atoms with Gasteiger partial charge in [-0.3, -0.25) is 4.84 Å². The van der Waals surface area contributed by atoms with Crippen molar-refractivity contribution >= 4 is 5.69 Å². The highest BCUT2D eigenvalue weighted by Crippen LogP contribution is 2.15. The van der Waals surface area contributed by atoms with Crippen LogP contribution < -0.4 is 4.90 Å². The molecule has 88 valence electrons. The van der Waals surface area contributed by atoms with Crippen LogP contribution in [0.1, 0.15) is 13.3 Å². The molecule has 0 bridgehead atoms. The SMILES string of the molecule is CCCON1CCN(c2ccccc2)CC1. The molecule has 1 heterocycles. The Kier molecular flexibility index (Phi) is 4.19. The Bertz CT molecular complexity index is 294. The molecule has 1 aliphatic heterocycles. The highest BCUT2D eigenvalue weighted by molar-refractivity contribution is 5.46. The van der Waals surface area contributed by atoms with Gasteiger partial charge in [0.25, 0.3) is 0 Å². The van der Waals surface area contributed by atoms with Gasteiger partial charge in [-0.05, 0) is 18.6 Å². The van der Waals surface area contributed by atoms with E-state index < -0.39 is 0 Å². The molecule has 0 radical (unpaired) electrons. The number of hydroxylamine groups is 2. The molecule has 1 aromatic carbocycles. The largest absolute Gasteiger partial charge is 0.369 e. The fourth-order valence-electron chi connectivity index (χ4n) is 1.93. The number of benzene rings is 1. The van der Waals surface area contributed by atoms with Crippen LogP contribution in [0.4, 0.5) is 5.69 Å². The predicted octanol–water partition coefficient (Wildman–Crippen LogP) is 2.15. The summed E-state index contributed by atoms with van der Waals surface area (Å²) in [7, 11) is 0. The molecule has 0 spiro atoms. The summed E-state index contributed by atoms with van der Waals surface area (Å²) in [5.74, 6) is 0. The molecule has 0 N–H and O–H groups in total. The van der Waals surface area contributed by atoms with Crippen molar-refractivity contribution in [2.24, 2.45) is 0 Å². The molecule has 0 saturated carbocycles. The molecular weight excluding hydrogens is 200 g/mol. The lowest BCUT2D eigenvalue weighted by atomic mass is 10.2. The van der Waals surface area contributed by atoms with Gasteiger partial charge in [0.2, 0.25) is 0 Å². The summed E-state index contributed by atoms with van der Waals surface area (Å²) in [5, 5.41) is 2.09. The van der Waals surface area contributed by atoms with Gasteiger partial charge in [0, 0.05) is 31.9 Å². The van der Waals surface area contributed by atoms with E-state index >= 15 is 0 Å². The van der Waals surface area contributed by atoms with Crippen LogP contribution in [0.15, 0.2) is 30.3 Å². The van der Waals surface area contributed by atoms with Crippen molar-refractivity contribution in [3.8, 4) is 0 Å². The highest BCUT2D eigenvalue weighted by atomic mass is 16.7. The van der Waals surface area contributed by atoms with E-state index in [9.17, 15) is 0 Å². The zero-order chi connectivity index (χ0) is 11.2. The van der Waals surface area contributed by atoms with E-state index in [2.05, 4.69) is 47.2 Å². The minimum atomic E-state index is 0.839. The zero-order valence-corrected chi connectivity index (χ0v) is 9.93. The Morgan fingerprint density at radius 2 is 1.75 bits per heavy atom. The summed E-state index contributed by atoms with van der Waals surface area (Å²) < 4.78 is 0. The fourth-order valence-corrected chi connectivity index (χ4v) is 1.93. The van der Waals surface area contributed by atoms with Gasteiger partial charge in [0.1, 0.15) is 0 Å². The number of para-hydroxylation sites is 1. The summed E-state index contributed by atoms with van der Waals surface area (Å²) in [5.41, 5.74) is 1.32. The standard InChI is InChI=1S/C13H20N2O/c1-2-12-16-15-10-8-14(9-11-15)13-6-4-3-5-7-13/h3-7H,2,8-12H2,1H3. The molecule has 3 nitrogen and oxygen atoms in total. The van der Waals surface area contributed by atoms with Gasteiger partial charge in [-0.25, -0.2) is 0 Å². The first kappa shape index (κ1) is 11.4. The average Bonchev–Trinajstić information content (AvgIpc) is 2.38. The first-order valence-electron chi connectivity index (χ1n) is 6.08. The van der Waals surface area contributed by atoms with Crippen molar-refractivity contribution in [1.82, 2.24) is 5.06 Å². The van der Waals surface area contributed by atoms with Crippen LogP contribution in [-0.4, -0.2) is 37.8 Å². The topological polar surface area (TPSA) is 15.7 Å². The Balaban J connectivity index is 1.81. The number of anilines is 1. The minimum Gasteiger partial charge on any atom is -0.369 e. The summed E-state index contributed by atoms with van der Waals surface area (Å²) in [6.07, 6.45) is 1.08. The van der Waals surface area contributed by atoms with Crippen molar-refractivity contribution in [2.45, 2.75) is 13.3 Å². The number of hydrogen-bond donors (Lipinski definition) is 0. The maximum absolute atomic E-state index is 5.62. The third kappa shape index (κ3) is 2.97. The number of hydrogen-bond acceptors (Lipinski definition) is 3. The molecule has 1 aliphatic rings. The Labute approximate surface area is 97.6 Å². The van der Waals surface area contributed by atoms with E-state index in [4.69, 9.17) is 4.84 Å². The average molecular weight is 220 g/mol. The molecule has 1 saturated heterocycles. The predicted molar refractivity (Wildman–Crippen MR) is 66.5 cm³/mol. The van der Waals surface area contributed by atoms with Crippen LogP contribution in [0, 0.1) is 0 Å². The Hall–Kier alpha value is -1.06. The number of piperazine rings is 1. The molecule has 16 heavy (non-hydrogen) atoms. The summed E-state index contributed by atoms with van der Waals surface area (Å²) >= 11 is 0. The van der Waals surface area contributed by atoms with Crippen molar-refractivity contribution in [1.29, 1.82) is 0 Å². The molecule has 0 unspecified atom stereocenters. The van der Waals surface area contributed by atoms with Crippen molar-refractivity contribution < 1.29 is 4.84 Å². The van der Waals surface area contributed by atoms with Crippen LogP contribution in [0.25, 0.3) is 0 Å². The first-order chi connectivity index (χ1) is 7.90. The van der Waals surface area contributed by atoms with Gasteiger partial charge in [-0.1, -0.05) is 25.1 Å². The maximum atomic E-state index is 5.62. The van der Waals surface area contributed by atoms with Crippen molar-refractivity contribution in [3.05, 3.63) is 30.3 Å². The lowest BCUT2D eigenvalue weighted by Gasteiger charge is -2.35. The lowest BCUT2D eigenvalue weighted by molar-refractivity contribution is -0.161. The molecule has 0 amide bonds. The maximum Gasteiger partial charge on any atom is 0.0682 e. The van der Waals surface area contributed by atoms with E-state index in [1.807, 2.05) is 0 Å². The van der Waals surface area contributed by atoms with Gasteiger partial charge >= 0.3 is 0 Å². The van der Waals surface area contributed by atoms with Crippen LogP contribution in [0.5, 0.6) is 0 Å². The van der Waals surface area contributed by atoms with E-state index in [1.54, 1.807) is 0 Å². The Morgan fingerprint density at radius 3 is 2.38 bits per heavy atom. The second kappa shape index (κ2) is 5.87. The van der Waals surface area contributed by atoms with E-state index in [0.29, 0.717) is 0 Å². The van der Waals surface area contributed by atoms with Crippen molar-refractivity contribution in [3.63, 3.8) is 0 Å². The smallest absolute Gasteiger partial charge is 0.0682 e. The summed E-state index contributed by atoms with van der Waals surface area (Å²) in [6.45, 7) is 7.07. The van der Waals surface area contributed by atoms with E-state index in [-0.39, 0.29) is 0 Å². The minimum absolute atomic E-state index is 0.839. The fraction of sp³-hybridized carbons (Fsp3) is 0.538. The first-order valence-corrected chi connectivity index (χ1v) is 6.08.